The van der Waals surface area contributed by atoms with Gasteiger partial charge in [0.15, 0.2) is 0 Å². The minimum Gasteiger partial charge on any atom is -0.493 e. The Labute approximate surface area is 284 Å². The van der Waals surface area contributed by atoms with E-state index < -0.39 is 12.2 Å². The molecule has 1 aliphatic rings. The molecule has 252 valence electrons. The minimum absolute atomic E-state index is 0.441. The second-order valence-electron chi connectivity index (χ2n) is 12.6. The zero-order valence-electron chi connectivity index (χ0n) is 28.9. The molecule has 8 bridgehead atoms. The van der Waals surface area contributed by atoms with Crippen LogP contribution in [0, 0.1) is 0 Å². The van der Waals surface area contributed by atoms with E-state index in [0.29, 0.717) is 50.4 Å². The van der Waals surface area contributed by atoms with Gasteiger partial charge in [-0.15, -0.1) is 0 Å². The number of benzene rings is 4. The topological polar surface area (TPSA) is 77.5 Å². The van der Waals surface area contributed by atoms with E-state index in [-0.39, 0.29) is 0 Å². The number of fused-ring (bicyclic) bond motifs is 8. The van der Waals surface area contributed by atoms with Crippen molar-refractivity contribution in [1.29, 1.82) is 0 Å². The Balaban J connectivity index is 1.77. The lowest BCUT2D eigenvalue weighted by molar-refractivity contribution is 0.170. The molecular formula is C40H46N2O6. The molecule has 0 aliphatic heterocycles. The van der Waals surface area contributed by atoms with Crippen LogP contribution in [0.25, 0.3) is 0 Å². The fourth-order valence-electron chi connectivity index (χ4n) is 5.88. The molecule has 48 heavy (non-hydrogen) atoms. The van der Waals surface area contributed by atoms with Crippen molar-refractivity contribution in [2.24, 2.45) is 0 Å². The van der Waals surface area contributed by atoms with Gasteiger partial charge >= 0.3 is 12.2 Å². The summed E-state index contributed by atoms with van der Waals surface area (Å²) >= 11 is 0. The van der Waals surface area contributed by atoms with Crippen LogP contribution in [-0.2, 0) is 25.7 Å². The lowest BCUT2D eigenvalue weighted by Crippen LogP contribution is -2.26. The van der Waals surface area contributed by atoms with Crippen LogP contribution < -0.4 is 18.9 Å². The van der Waals surface area contributed by atoms with Gasteiger partial charge in [-0.25, -0.2) is 9.59 Å². The van der Waals surface area contributed by atoms with E-state index in [1.54, 1.807) is 28.2 Å². The Morgan fingerprint density at radius 2 is 0.729 bits per heavy atom. The van der Waals surface area contributed by atoms with Crippen molar-refractivity contribution >= 4 is 12.2 Å². The first-order valence-corrected chi connectivity index (χ1v) is 16.7. The summed E-state index contributed by atoms with van der Waals surface area (Å²) < 4.78 is 25.2. The van der Waals surface area contributed by atoms with Gasteiger partial charge in [-0.05, 0) is 57.3 Å². The summed E-state index contributed by atoms with van der Waals surface area (Å²) in [6.07, 6.45) is 2.74. The minimum atomic E-state index is -0.441. The molecule has 0 unspecified atom stereocenters. The maximum absolute atomic E-state index is 13.0. The van der Waals surface area contributed by atoms with Crippen LogP contribution in [0.1, 0.15) is 71.2 Å². The van der Waals surface area contributed by atoms with Gasteiger partial charge in [0.2, 0.25) is 0 Å². The van der Waals surface area contributed by atoms with Gasteiger partial charge < -0.3 is 28.7 Å². The first-order chi connectivity index (χ1) is 23.2. The SMILES string of the molecule is CCCOc1c2cccc1Cc1cccc(c1OC(=O)N(C)C)Cc1cccc(c1OCCC)Cc1cccc(c1OC(=O)N(C)C)C2. The van der Waals surface area contributed by atoms with Crippen molar-refractivity contribution < 1.29 is 28.5 Å². The fraction of sp³-hybridized carbons (Fsp3) is 0.350. The van der Waals surface area contributed by atoms with Gasteiger partial charge in [-0.2, -0.15) is 0 Å². The molecule has 4 aromatic carbocycles. The number of carbonyl (C=O) groups excluding carboxylic acids is 2. The molecule has 0 aromatic heterocycles. The van der Waals surface area contributed by atoms with Crippen LogP contribution in [0.5, 0.6) is 23.0 Å². The Hall–Kier alpha value is -4.98. The van der Waals surface area contributed by atoms with Gasteiger partial charge in [0.1, 0.15) is 23.0 Å². The van der Waals surface area contributed by atoms with Crippen molar-refractivity contribution in [2.75, 3.05) is 41.4 Å². The molecular weight excluding hydrogens is 604 g/mol. The predicted octanol–water partition coefficient (Wildman–Crippen LogP) is 8.06. The van der Waals surface area contributed by atoms with E-state index in [1.807, 2.05) is 48.5 Å². The van der Waals surface area contributed by atoms with E-state index >= 15 is 0 Å². The monoisotopic (exact) mass is 650 g/mol. The largest absolute Gasteiger partial charge is 0.493 e. The smallest absolute Gasteiger partial charge is 0.414 e. The number of hydrogen-bond donors (Lipinski definition) is 0. The standard InChI is InChI=1S/C40H46N2O6/c1-7-21-45-35-27-13-9-14-28(35)24-32-18-12-20-34(38(32)48-40(44)42(5)6)26-30-16-10-15-29(36(30)46-22-8-2)25-33-19-11-17-31(23-27)37(33)47-39(43)41(3)4/h9-20H,7-8,21-26H2,1-6H3. The molecule has 0 saturated carbocycles. The van der Waals surface area contributed by atoms with E-state index in [9.17, 15) is 9.59 Å². The first-order valence-electron chi connectivity index (χ1n) is 16.7. The number of amides is 2. The van der Waals surface area contributed by atoms with Gasteiger partial charge in [-0.1, -0.05) is 86.6 Å². The first kappa shape index (κ1) is 34.4. The Morgan fingerprint density at radius 3 is 0.958 bits per heavy atom. The summed E-state index contributed by atoms with van der Waals surface area (Å²) in [5, 5.41) is 0. The second-order valence-corrected chi connectivity index (χ2v) is 12.6. The highest BCUT2D eigenvalue weighted by molar-refractivity contribution is 5.72. The van der Waals surface area contributed by atoms with Crippen molar-refractivity contribution in [3.05, 3.63) is 117 Å². The normalized spacial score (nSPS) is 12.1. The molecule has 1 aliphatic carbocycles. The summed E-state index contributed by atoms with van der Waals surface area (Å²) in [5.74, 6) is 2.67. The Morgan fingerprint density at radius 1 is 0.479 bits per heavy atom. The fourth-order valence-corrected chi connectivity index (χ4v) is 5.88. The van der Waals surface area contributed by atoms with E-state index in [1.165, 1.54) is 9.80 Å². The molecule has 0 atom stereocenters. The highest BCUT2D eigenvalue weighted by Crippen LogP contribution is 2.39. The summed E-state index contributed by atoms with van der Waals surface area (Å²) in [7, 11) is 6.73. The van der Waals surface area contributed by atoms with E-state index in [2.05, 4.69) is 38.1 Å². The highest BCUT2D eigenvalue weighted by Gasteiger charge is 2.24. The summed E-state index contributed by atoms with van der Waals surface area (Å²) in [5.41, 5.74) is 7.42. The maximum Gasteiger partial charge on any atom is 0.414 e. The molecule has 0 N–H and O–H groups in total. The molecule has 0 heterocycles. The Bertz CT molecular complexity index is 1550. The summed E-state index contributed by atoms with van der Waals surface area (Å²) in [4.78, 5) is 29.0. The quantitative estimate of drug-likeness (QED) is 0.169. The van der Waals surface area contributed by atoms with Crippen LogP contribution >= 0.6 is 0 Å². The zero-order chi connectivity index (χ0) is 34.2. The number of carbonyl (C=O) groups is 2. The molecule has 2 amide bonds. The summed E-state index contributed by atoms with van der Waals surface area (Å²) in [6.45, 7) is 5.26. The molecule has 0 spiro atoms. The lowest BCUT2D eigenvalue weighted by Gasteiger charge is -2.23. The van der Waals surface area contributed by atoms with Crippen LogP contribution in [0.3, 0.4) is 0 Å². The van der Waals surface area contributed by atoms with Crippen molar-refractivity contribution in [1.82, 2.24) is 9.80 Å². The molecule has 0 radical (unpaired) electrons. The highest BCUT2D eigenvalue weighted by atomic mass is 16.6. The molecule has 0 saturated heterocycles. The maximum atomic E-state index is 13.0. The average Bonchev–Trinajstić information content (AvgIpc) is 3.06. The molecule has 5 rings (SSSR count). The number of para-hydroxylation sites is 4. The van der Waals surface area contributed by atoms with E-state index in [4.69, 9.17) is 18.9 Å². The Kier molecular flexibility index (Phi) is 11.3. The number of rotatable bonds is 8. The van der Waals surface area contributed by atoms with Crippen LogP contribution in [0.4, 0.5) is 9.59 Å². The van der Waals surface area contributed by atoms with Crippen molar-refractivity contribution in [3.63, 3.8) is 0 Å². The van der Waals surface area contributed by atoms with Crippen LogP contribution in [-0.4, -0.2) is 63.4 Å². The third-order valence-corrected chi connectivity index (χ3v) is 8.25. The molecule has 4 aromatic rings. The third-order valence-electron chi connectivity index (χ3n) is 8.25. The van der Waals surface area contributed by atoms with Gasteiger partial charge in [0, 0.05) is 53.9 Å². The zero-order valence-corrected chi connectivity index (χ0v) is 28.9. The van der Waals surface area contributed by atoms with Gasteiger partial charge in [0.25, 0.3) is 0 Å². The average molecular weight is 651 g/mol. The van der Waals surface area contributed by atoms with Crippen molar-refractivity contribution in [2.45, 2.75) is 52.4 Å². The second kappa shape index (κ2) is 15.7. The predicted molar refractivity (Wildman–Crippen MR) is 188 cm³/mol. The number of hydrogen-bond acceptors (Lipinski definition) is 6. The lowest BCUT2D eigenvalue weighted by atomic mass is 9.91. The van der Waals surface area contributed by atoms with Crippen LogP contribution in [0.15, 0.2) is 72.8 Å². The number of nitrogens with zero attached hydrogens (tertiary/aromatic N) is 2. The van der Waals surface area contributed by atoms with Gasteiger partial charge in [0.05, 0.1) is 13.2 Å². The number of ether oxygens (including phenoxy) is 4. The summed E-state index contributed by atoms with van der Waals surface area (Å²) in [6, 6.07) is 24.4. The van der Waals surface area contributed by atoms with E-state index in [0.717, 1.165) is 68.8 Å². The van der Waals surface area contributed by atoms with Crippen LogP contribution in [0.2, 0.25) is 0 Å². The van der Waals surface area contributed by atoms with Crippen molar-refractivity contribution in [3.8, 4) is 23.0 Å². The molecule has 8 heteroatoms. The molecule has 8 nitrogen and oxygen atoms in total. The van der Waals surface area contributed by atoms with Gasteiger partial charge in [-0.3, -0.25) is 0 Å². The molecule has 0 fully saturated rings. The third kappa shape index (κ3) is 7.93.